The minimum absolute atomic E-state index is 0.0117. The average Bonchev–Trinajstić information content (AvgIpc) is 2.84. The molecule has 0 unspecified atom stereocenters. The van der Waals surface area contributed by atoms with Gasteiger partial charge in [-0.25, -0.2) is 9.78 Å². The molecule has 0 saturated heterocycles. The number of halogens is 1. The Bertz CT molecular complexity index is 847. The topological polar surface area (TPSA) is 82.5 Å². The summed E-state index contributed by atoms with van der Waals surface area (Å²) in [5, 5.41) is 22.3. The molecule has 3 aromatic rings. The van der Waals surface area contributed by atoms with Crippen molar-refractivity contribution in [1.82, 2.24) is 4.98 Å². The van der Waals surface area contributed by atoms with Gasteiger partial charge in [0, 0.05) is 5.69 Å². The summed E-state index contributed by atoms with van der Waals surface area (Å²) in [6, 6.07) is 9.53. The molecule has 0 bridgehead atoms. The molecule has 3 rings (SSSR count). The number of rotatable bonds is 3. The Hall–Kier alpha value is -2.31. The van der Waals surface area contributed by atoms with Gasteiger partial charge in [-0.1, -0.05) is 22.9 Å². The molecule has 2 aromatic carbocycles. The Morgan fingerprint density at radius 2 is 2.05 bits per heavy atom. The van der Waals surface area contributed by atoms with Crippen molar-refractivity contribution in [3.05, 3.63) is 47.0 Å². The molecule has 0 aliphatic heterocycles. The normalized spacial score (nSPS) is 10.7. The SMILES string of the molecule is O=C(O)c1ccc2nc(Nc3ccc(O)c(Cl)c3)sc2c1. The second kappa shape index (κ2) is 5.23. The third-order valence-electron chi connectivity index (χ3n) is 2.83. The number of aromatic nitrogens is 1. The van der Waals surface area contributed by atoms with Gasteiger partial charge >= 0.3 is 5.97 Å². The summed E-state index contributed by atoms with van der Waals surface area (Å²) in [6.07, 6.45) is 0. The molecule has 7 heteroatoms. The maximum atomic E-state index is 10.9. The number of nitrogens with zero attached hydrogens (tertiary/aromatic N) is 1. The van der Waals surface area contributed by atoms with Crippen molar-refractivity contribution in [2.75, 3.05) is 5.32 Å². The van der Waals surface area contributed by atoms with Crippen LogP contribution in [0.5, 0.6) is 5.75 Å². The summed E-state index contributed by atoms with van der Waals surface area (Å²) in [5.74, 6) is -0.956. The van der Waals surface area contributed by atoms with Crippen LogP contribution in [0.1, 0.15) is 10.4 Å². The number of anilines is 2. The molecule has 0 saturated carbocycles. The van der Waals surface area contributed by atoms with Crippen molar-refractivity contribution in [3.8, 4) is 5.75 Å². The van der Waals surface area contributed by atoms with Crippen LogP contribution in [0.4, 0.5) is 10.8 Å². The van der Waals surface area contributed by atoms with Crippen LogP contribution in [0.15, 0.2) is 36.4 Å². The zero-order valence-corrected chi connectivity index (χ0v) is 12.1. The van der Waals surface area contributed by atoms with Crippen LogP contribution in [0, 0.1) is 0 Å². The van der Waals surface area contributed by atoms with Gasteiger partial charge in [0.25, 0.3) is 0 Å². The van der Waals surface area contributed by atoms with Crippen molar-refractivity contribution in [2.24, 2.45) is 0 Å². The first kappa shape index (κ1) is 13.7. The van der Waals surface area contributed by atoms with Gasteiger partial charge in [0.1, 0.15) is 5.75 Å². The fourth-order valence-corrected chi connectivity index (χ4v) is 2.93. The Morgan fingerprint density at radius 1 is 1.24 bits per heavy atom. The Kier molecular flexibility index (Phi) is 3.40. The first-order chi connectivity index (χ1) is 10.0. The zero-order chi connectivity index (χ0) is 15.0. The zero-order valence-electron chi connectivity index (χ0n) is 10.5. The Balaban J connectivity index is 1.93. The van der Waals surface area contributed by atoms with Crippen LogP contribution in [-0.4, -0.2) is 21.2 Å². The van der Waals surface area contributed by atoms with Gasteiger partial charge in [0.05, 0.1) is 20.8 Å². The molecule has 3 N–H and O–H groups in total. The fraction of sp³-hybridized carbons (Fsp3) is 0. The summed E-state index contributed by atoms with van der Waals surface area (Å²) >= 11 is 7.18. The van der Waals surface area contributed by atoms with Gasteiger partial charge in [-0.15, -0.1) is 0 Å². The number of aromatic carboxylic acids is 1. The largest absolute Gasteiger partial charge is 0.506 e. The molecule has 1 heterocycles. The summed E-state index contributed by atoms with van der Waals surface area (Å²) < 4.78 is 0.780. The lowest BCUT2D eigenvalue weighted by atomic mass is 10.2. The van der Waals surface area contributed by atoms with E-state index in [1.54, 1.807) is 24.3 Å². The van der Waals surface area contributed by atoms with Crippen LogP contribution >= 0.6 is 22.9 Å². The third kappa shape index (κ3) is 2.76. The third-order valence-corrected chi connectivity index (χ3v) is 4.07. The van der Waals surface area contributed by atoms with Gasteiger partial charge in [0.15, 0.2) is 5.13 Å². The van der Waals surface area contributed by atoms with E-state index in [2.05, 4.69) is 10.3 Å². The minimum atomic E-state index is -0.967. The highest BCUT2D eigenvalue weighted by Gasteiger charge is 2.09. The van der Waals surface area contributed by atoms with Crippen molar-refractivity contribution in [1.29, 1.82) is 0 Å². The first-order valence-corrected chi connectivity index (χ1v) is 7.12. The molecule has 0 radical (unpaired) electrons. The number of phenolic OH excluding ortho intramolecular Hbond substituents is 1. The van der Waals surface area contributed by atoms with E-state index in [-0.39, 0.29) is 16.3 Å². The maximum Gasteiger partial charge on any atom is 0.335 e. The van der Waals surface area contributed by atoms with Gasteiger partial charge in [-0.3, -0.25) is 0 Å². The lowest BCUT2D eigenvalue weighted by Gasteiger charge is -2.03. The predicted molar refractivity (Wildman–Crippen MR) is 83.0 cm³/mol. The van der Waals surface area contributed by atoms with E-state index < -0.39 is 5.97 Å². The molecule has 0 atom stereocenters. The van der Waals surface area contributed by atoms with Crippen molar-refractivity contribution in [2.45, 2.75) is 0 Å². The van der Waals surface area contributed by atoms with Crippen LogP contribution in [0.3, 0.4) is 0 Å². The number of fused-ring (bicyclic) bond motifs is 1. The number of aromatic hydroxyl groups is 1. The van der Waals surface area contributed by atoms with Crippen molar-refractivity contribution >= 4 is 49.9 Å². The molecule has 5 nitrogen and oxygen atoms in total. The van der Waals surface area contributed by atoms with Crippen LogP contribution in [0.25, 0.3) is 10.2 Å². The van der Waals surface area contributed by atoms with E-state index >= 15 is 0 Å². The van der Waals surface area contributed by atoms with Gasteiger partial charge in [-0.05, 0) is 36.4 Å². The predicted octanol–water partition coefficient (Wildman–Crippen LogP) is 4.10. The molecule has 0 amide bonds. The number of nitrogens with one attached hydrogen (secondary N) is 1. The highest BCUT2D eigenvalue weighted by molar-refractivity contribution is 7.22. The maximum absolute atomic E-state index is 10.9. The highest BCUT2D eigenvalue weighted by atomic mass is 35.5. The van der Waals surface area contributed by atoms with E-state index in [0.717, 1.165) is 10.2 Å². The van der Waals surface area contributed by atoms with Crippen LogP contribution < -0.4 is 5.32 Å². The monoisotopic (exact) mass is 320 g/mol. The molecular weight excluding hydrogens is 312 g/mol. The molecule has 21 heavy (non-hydrogen) atoms. The molecule has 1 aromatic heterocycles. The second-order valence-corrected chi connectivity index (χ2v) is 5.74. The molecule has 0 spiro atoms. The van der Waals surface area contributed by atoms with Crippen LogP contribution in [-0.2, 0) is 0 Å². The van der Waals surface area contributed by atoms with Gasteiger partial charge in [-0.2, -0.15) is 0 Å². The van der Waals surface area contributed by atoms with Gasteiger partial charge < -0.3 is 15.5 Å². The highest BCUT2D eigenvalue weighted by Crippen LogP contribution is 2.31. The number of thiazole rings is 1. The fourth-order valence-electron chi connectivity index (χ4n) is 1.82. The number of carboxylic acid groups (broad SMARTS) is 1. The number of hydrogen-bond donors (Lipinski definition) is 3. The average molecular weight is 321 g/mol. The summed E-state index contributed by atoms with van der Waals surface area (Å²) in [7, 11) is 0. The molecule has 0 aliphatic carbocycles. The lowest BCUT2D eigenvalue weighted by molar-refractivity contribution is 0.0697. The molecule has 0 fully saturated rings. The standard InChI is InChI=1S/C14H9ClN2O3S/c15-9-6-8(2-4-11(9)18)16-14-17-10-3-1-7(13(19)20)5-12(10)21-14/h1-6,18H,(H,16,17)(H,19,20). The summed E-state index contributed by atoms with van der Waals surface area (Å²) in [5.41, 5.74) is 1.64. The number of benzene rings is 2. The van der Waals surface area contributed by atoms with Crippen LogP contribution in [0.2, 0.25) is 5.02 Å². The second-order valence-electron chi connectivity index (χ2n) is 4.30. The lowest BCUT2D eigenvalue weighted by Crippen LogP contribution is -1.94. The number of carboxylic acids is 1. The quantitative estimate of drug-likeness (QED) is 0.633. The first-order valence-electron chi connectivity index (χ1n) is 5.92. The Morgan fingerprint density at radius 3 is 2.76 bits per heavy atom. The smallest absolute Gasteiger partial charge is 0.335 e. The van der Waals surface area contributed by atoms with Crippen molar-refractivity contribution < 1.29 is 15.0 Å². The van der Waals surface area contributed by atoms with Gasteiger partial charge in [0.2, 0.25) is 0 Å². The van der Waals surface area contributed by atoms with E-state index in [0.29, 0.717) is 10.8 Å². The summed E-state index contributed by atoms with van der Waals surface area (Å²) in [4.78, 5) is 15.3. The molecule has 0 aliphatic rings. The minimum Gasteiger partial charge on any atom is -0.506 e. The number of hydrogen-bond acceptors (Lipinski definition) is 5. The Labute approximate surface area is 128 Å². The molecular formula is C14H9ClN2O3S. The van der Waals surface area contributed by atoms with Crippen molar-refractivity contribution in [3.63, 3.8) is 0 Å². The number of carbonyl (C=O) groups is 1. The van der Waals surface area contributed by atoms with E-state index in [1.165, 1.54) is 23.5 Å². The van der Waals surface area contributed by atoms with E-state index in [4.69, 9.17) is 16.7 Å². The molecule has 106 valence electrons. The number of phenols is 1. The van der Waals surface area contributed by atoms with E-state index in [9.17, 15) is 9.90 Å². The summed E-state index contributed by atoms with van der Waals surface area (Å²) in [6.45, 7) is 0. The van der Waals surface area contributed by atoms with E-state index in [1.807, 2.05) is 0 Å².